The predicted molar refractivity (Wildman–Crippen MR) is 98.0 cm³/mol. The Morgan fingerprint density at radius 1 is 1.07 bits per heavy atom. The number of hydrogen-bond acceptors (Lipinski definition) is 6. The van der Waals surface area contributed by atoms with Crippen molar-refractivity contribution in [2.45, 2.75) is 26.1 Å². The maximum Gasteiger partial charge on any atom is 0.414 e. The molecule has 8 heteroatoms. The van der Waals surface area contributed by atoms with Crippen LogP contribution in [0.2, 0.25) is 0 Å². The fourth-order valence-corrected chi connectivity index (χ4v) is 2.42. The Hall–Kier alpha value is -2.76. The molecule has 148 valence electrons. The second kappa shape index (κ2) is 11.8. The number of methoxy groups -OCH3 is 1. The van der Waals surface area contributed by atoms with E-state index in [1.807, 2.05) is 24.3 Å². The van der Waals surface area contributed by atoms with Crippen molar-refractivity contribution in [1.82, 2.24) is 4.90 Å². The maximum atomic E-state index is 9.10. The van der Waals surface area contributed by atoms with Gasteiger partial charge in [0.1, 0.15) is 18.1 Å². The molecule has 1 heterocycles. The zero-order valence-corrected chi connectivity index (χ0v) is 15.7. The van der Waals surface area contributed by atoms with Crippen LogP contribution in [0.4, 0.5) is 0 Å². The number of aliphatic carboxylic acids is 2. The first-order valence-electron chi connectivity index (χ1n) is 8.38. The van der Waals surface area contributed by atoms with E-state index < -0.39 is 11.9 Å². The molecule has 0 saturated carbocycles. The maximum absolute atomic E-state index is 9.10. The van der Waals surface area contributed by atoms with E-state index in [1.54, 1.807) is 7.11 Å². The van der Waals surface area contributed by atoms with Crippen molar-refractivity contribution in [3.8, 4) is 23.3 Å². The van der Waals surface area contributed by atoms with Gasteiger partial charge in [-0.05, 0) is 38.1 Å². The number of morpholine rings is 1. The highest BCUT2D eigenvalue weighted by Crippen LogP contribution is 2.16. The van der Waals surface area contributed by atoms with Crippen molar-refractivity contribution >= 4 is 11.9 Å². The van der Waals surface area contributed by atoms with Crippen molar-refractivity contribution in [1.29, 1.82) is 0 Å². The van der Waals surface area contributed by atoms with Crippen molar-refractivity contribution < 1.29 is 34.0 Å². The van der Waals surface area contributed by atoms with E-state index in [4.69, 9.17) is 34.0 Å². The molecule has 1 fully saturated rings. The SMILES string of the molecule is COc1ccc(OCC#CCN2CC(C)OC(C)C2)cc1.O=C(O)C(=O)O. The molecule has 1 aliphatic rings. The third kappa shape index (κ3) is 9.49. The molecule has 0 aromatic heterocycles. The summed E-state index contributed by atoms with van der Waals surface area (Å²) in [6.45, 7) is 7.26. The summed E-state index contributed by atoms with van der Waals surface area (Å²) >= 11 is 0. The Morgan fingerprint density at radius 2 is 1.59 bits per heavy atom. The van der Waals surface area contributed by atoms with Crippen molar-refractivity contribution in [2.24, 2.45) is 0 Å². The summed E-state index contributed by atoms with van der Waals surface area (Å²) in [5, 5.41) is 14.8. The van der Waals surface area contributed by atoms with Gasteiger partial charge in [0.2, 0.25) is 0 Å². The molecule has 0 amide bonds. The summed E-state index contributed by atoms with van der Waals surface area (Å²) in [4.78, 5) is 20.5. The van der Waals surface area contributed by atoms with E-state index in [1.165, 1.54) is 0 Å². The average molecular weight is 379 g/mol. The van der Waals surface area contributed by atoms with Gasteiger partial charge in [-0.2, -0.15) is 0 Å². The van der Waals surface area contributed by atoms with E-state index in [0.717, 1.165) is 31.1 Å². The third-order valence-corrected chi connectivity index (χ3v) is 3.48. The molecule has 1 aliphatic heterocycles. The molecule has 1 aromatic carbocycles. The normalized spacial score (nSPS) is 18.9. The van der Waals surface area contributed by atoms with Gasteiger partial charge < -0.3 is 24.4 Å². The van der Waals surface area contributed by atoms with E-state index in [-0.39, 0.29) is 12.2 Å². The summed E-state index contributed by atoms with van der Waals surface area (Å²) in [5.74, 6) is 4.19. The van der Waals surface area contributed by atoms with Crippen molar-refractivity contribution in [3.63, 3.8) is 0 Å². The molecule has 1 aromatic rings. The average Bonchev–Trinajstić information content (AvgIpc) is 2.61. The predicted octanol–water partition coefficient (Wildman–Crippen LogP) is 1.34. The summed E-state index contributed by atoms with van der Waals surface area (Å²) in [7, 11) is 1.65. The monoisotopic (exact) mass is 379 g/mol. The molecular weight excluding hydrogens is 354 g/mol. The van der Waals surface area contributed by atoms with Gasteiger partial charge in [0.15, 0.2) is 0 Å². The van der Waals surface area contributed by atoms with Crippen LogP contribution in [-0.2, 0) is 14.3 Å². The van der Waals surface area contributed by atoms with Crippen LogP contribution in [0.25, 0.3) is 0 Å². The highest BCUT2D eigenvalue weighted by molar-refractivity contribution is 6.27. The molecular formula is C19H25NO7. The lowest BCUT2D eigenvalue weighted by Crippen LogP contribution is -2.45. The van der Waals surface area contributed by atoms with E-state index in [0.29, 0.717) is 6.61 Å². The molecule has 0 radical (unpaired) electrons. The highest BCUT2D eigenvalue weighted by Gasteiger charge is 2.20. The summed E-state index contributed by atoms with van der Waals surface area (Å²) in [5.41, 5.74) is 0. The van der Waals surface area contributed by atoms with Gasteiger partial charge in [-0.15, -0.1) is 0 Å². The number of hydrogen-bond donors (Lipinski definition) is 2. The number of carboxylic acid groups (broad SMARTS) is 2. The number of ether oxygens (including phenoxy) is 3. The summed E-state index contributed by atoms with van der Waals surface area (Å²) < 4.78 is 16.4. The number of nitrogens with zero attached hydrogens (tertiary/aromatic N) is 1. The van der Waals surface area contributed by atoms with Gasteiger partial charge in [-0.3, -0.25) is 4.90 Å². The van der Waals surface area contributed by atoms with Crippen LogP contribution < -0.4 is 9.47 Å². The van der Waals surface area contributed by atoms with Crippen LogP contribution in [0.3, 0.4) is 0 Å². The molecule has 27 heavy (non-hydrogen) atoms. The van der Waals surface area contributed by atoms with Gasteiger partial charge in [-0.1, -0.05) is 11.8 Å². The van der Waals surface area contributed by atoms with Crippen molar-refractivity contribution in [2.75, 3.05) is 33.4 Å². The van der Waals surface area contributed by atoms with E-state index >= 15 is 0 Å². The standard InChI is InChI=1S/C17H23NO3.C2H2O4/c1-14-12-18(13-15(2)21-14)10-4-5-11-20-17-8-6-16(19-3)7-9-17;3-1(4)2(5)6/h6-9,14-15H,10-13H2,1-3H3;(H,3,4)(H,5,6). The van der Waals surface area contributed by atoms with Crippen LogP contribution in [0, 0.1) is 11.8 Å². The first kappa shape index (κ1) is 22.3. The van der Waals surface area contributed by atoms with Gasteiger partial charge in [-0.25, -0.2) is 9.59 Å². The number of rotatable bonds is 4. The minimum atomic E-state index is -1.82. The molecule has 2 rings (SSSR count). The Balaban J connectivity index is 0.000000527. The summed E-state index contributed by atoms with van der Waals surface area (Å²) in [6.07, 6.45) is 0.567. The van der Waals surface area contributed by atoms with Gasteiger partial charge >= 0.3 is 11.9 Å². The van der Waals surface area contributed by atoms with Crippen LogP contribution in [0.15, 0.2) is 24.3 Å². The zero-order chi connectivity index (χ0) is 20.2. The largest absolute Gasteiger partial charge is 0.497 e. The number of carbonyl (C=O) groups is 2. The highest BCUT2D eigenvalue weighted by atomic mass is 16.5. The lowest BCUT2D eigenvalue weighted by molar-refractivity contribution is -0.159. The van der Waals surface area contributed by atoms with Crippen LogP contribution in [0.1, 0.15) is 13.8 Å². The van der Waals surface area contributed by atoms with Gasteiger partial charge in [0.25, 0.3) is 0 Å². The lowest BCUT2D eigenvalue weighted by Gasteiger charge is -2.34. The first-order chi connectivity index (χ1) is 12.8. The Labute approximate surface area is 158 Å². The Kier molecular flexibility index (Phi) is 9.72. The molecule has 0 aliphatic carbocycles. The number of carboxylic acids is 2. The Morgan fingerprint density at radius 3 is 2.07 bits per heavy atom. The molecule has 2 unspecified atom stereocenters. The zero-order valence-electron chi connectivity index (χ0n) is 15.7. The van der Waals surface area contributed by atoms with Crippen LogP contribution in [0.5, 0.6) is 11.5 Å². The lowest BCUT2D eigenvalue weighted by atomic mass is 10.2. The molecule has 0 bridgehead atoms. The van der Waals surface area contributed by atoms with Gasteiger partial charge in [0.05, 0.1) is 25.9 Å². The number of benzene rings is 1. The molecule has 2 atom stereocenters. The molecule has 1 saturated heterocycles. The van der Waals surface area contributed by atoms with E-state index in [2.05, 4.69) is 30.6 Å². The molecule has 2 N–H and O–H groups in total. The summed E-state index contributed by atoms with van der Waals surface area (Å²) in [6, 6.07) is 7.51. The third-order valence-electron chi connectivity index (χ3n) is 3.48. The topological polar surface area (TPSA) is 106 Å². The fourth-order valence-electron chi connectivity index (χ4n) is 2.42. The molecule has 8 nitrogen and oxygen atoms in total. The van der Waals surface area contributed by atoms with Crippen LogP contribution >= 0.6 is 0 Å². The minimum Gasteiger partial charge on any atom is -0.497 e. The smallest absolute Gasteiger partial charge is 0.414 e. The fraction of sp³-hybridized carbons (Fsp3) is 0.474. The van der Waals surface area contributed by atoms with Gasteiger partial charge in [0, 0.05) is 13.1 Å². The Bertz CT molecular complexity index is 641. The molecule has 0 spiro atoms. The van der Waals surface area contributed by atoms with Crippen LogP contribution in [-0.4, -0.2) is 72.6 Å². The second-order valence-electron chi connectivity index (χ2n) is 5.88. The second-order valence-corrected chi connectivity index (χ2v) is 5.88. The minimum absolute atomic E-state index is 0.283. The van der Waals surface area contributed by atoms with E-state index in [9.17, 15) is 0 Å². The first-order valence-corrected chi connectivity index (χ1v) is 8.38. The quantitative estimate of drug-likeness (QED) is 0.596. The van der Waals surface area contributed by atoms with Crippen molar-refractivity contribution in [3.05, 3.63) is 24.3 Å².